The molecule has 0 unspecified atom stereocenters. The number of benzene rings is 16. The van der Waals surface area contributed by atoms with Crippen molar-refractivity contribution < 1.29 is 8.83 Å². The van der Waals surface area contributed by atoms with Crippen LogP contribution in [0.1, 0.15) is 11.1 Å². The van der Waals surface area contributed by atoms with Gasteiger partial charge < -0.3 is 13.7 Å². The second-order valence-electron chi connectivity index (χ2n) is 22.0. The molecule has 0 N–H and O–H groups in total. The molecule has 16 aromatic carbocycles. The molecule has 18 aromatic rings. The predicted octanol–water partition coefficient (Wildman–Crippen LogP) is 23.8. The number of furan rings is 2. The van der Waals surface area contributed by atoms with Crippen molar-refractivity contribution in [2.75, 3.05) is 4.90 Å². The van der Waals surface area contributed by atoms with Crippen LogP contribution in [0.15, 0.2) is 312 Å². The third-order valence-corrected chi connectivity index (χ3v) is 17.2. The highest BCUT2D eigenvalue weighted by Gasteiger charge is 2.18. The second-order valence-corrected chi connectivity index (χ2v) is 22.5. The highest BCUT2D eigenvalue weighted by Crippen LogP contribution is 2.43. The summed E-state index contributed by atoms with van der Waals surface area (Å²) in [7, 11) is 0. The summed E-state index contributed by atoms with van der Waals surface area (Å²) in [6, 6.07) is 108. The summed E-state index contributed by atoms with van der Waals surface area (Å²) in [6.45, 7) is 0. The van der Waals surface area contributed by atoms with Gasteiger partial charge in [-0.05, 0) is 170 Å². The van der Waals surface area contributed by atoms with Gasteiger partial charge in [-0.25, -0.2) is 0 Å². The van der Waals surface area contributed by atoms with Crippen LogP contribution >= 0.6 is 11.6 Å². The summed E-state index contributed by atoms with van der Waals surface area (Å²) < 4.78 is 12.2. The van der Waals surface area contributed by atoms with Crippen molar-refractivity contribution in [2.45, 2.75) is 6.42 Å². The van der Waals surface area contributed by atoms with Crippen LogP contribution < -0.4 is 4.90 Å². The molecule has 0 aliphatic carbocycles. The van der Waals surface area contributed by atoms with E-state index in [0.717, 1.165) is 61.6 Å². The molecule has 0 spiro atoms. The van der Waals surface area contributed by atoms with Gasteiger partial charge in [0.25, 0.3) is 0 Å². The van der Waals surface area contributed by atoms with E-state index >= 15 is 0 Å². The molecule has 0 fully saturated rings. The van der Waals surface area contributed by atoms with E-state index < -0.39 is 0 Å². The van der Waals surface area contributed by atoms with Crippen LogP contribution in [0.4, 0.5) is 17.1 Å². The number of rotatable bonds is 5. The standard InChI is InChI=1S/C40H25NO.C22H13Cl.C19H14O/c1-2-9-29(10-3-1)41(31-20-23-35-34-12-6-7-13-38(34)42-39(35)25-31)30-19-16-27-14-15-28-18-21-33-32-11-5-4-8-26(32)17-22-36(33)40(28)37(27)24-30;23-17-10-7-15-5-6-16-9-11-19-18-4-2-1-3-14(18)8-12-20(19)22(16)21(15)13-17;1-2-6-14(7-3-1)12-15-10-11-17-16-8-4-5-9-18(16)20-19(17)13-15/h1-25H;1-13H;1-11,13H,12H2. The van der Waals surface area contributed by atoms with Gasteiger partial charge in [-0.2, -0.15) is 0 Å². The Bertz CT molecular complexity index is 5610. The molecule has 0 aliphatic heterocycles. The quantitative estimate of drug-likeness (QED) is 0.161. The zero-order chi connectivity index (χ0) is 56.4. The van der Waals surface area contributed by atoms with Crippen LogP contribution in [0.3, 0.4) is 0 Å². The van der Waals surface area contributed by atoms with Crippen molar-refractivity contribution in [2.24, 2.45) is 0 Å². The molecule has 3 nitrogen and oxygen atoms in total. The van der Waals surface area contributed by atoms with Gasteiger partial charge in [0.2, 0.25) is 0 Å². The van der Waals surface area contributed by atoms with Gasteiger partial charge in [0.1, 0.15) is 22.3 Å². The Morgan fingerprint density at radius 1 is 0.235 bits per heavy atom. The van der Waals surface area contributed by atoms with Crippen LogP contribution in [0.5, 0.6) is 0 Å². The first kappa shape index (κ1) is 50.1. The summed E-state index contributed by atoms with van der Waals surface area (Å²) in [6.07, 6.45) is 0.938. The fraction of sp³-hybridized carbons (Fsp3) is 0.0123. The lowest BCUT2D eigenvalue weighted by atomic mass is 9.93. The summed E-state index contributed by atoms with van der Waals surface area (Å²) in [5.41, 5.74) is 9.59. The van der Waals surface area contributed by atoms with Crippen LogP contribution in [0.2, 0.25) is 5.02 Å². The number of hydrogen-bond donors (Lipinski definition) is 0. The summed E-state index contributed by atoms with van der Waals surface area (Å²) >= 11 is 6.27. The predicted molar refractivity (Wildman–Crippen MR) is 363 cm³/mol. The van der Waals surface area contributed by atoms with Crippen molar-refractivity contribution in [3.63, 3.8) is 0 Å². The van der Waals surface area contributed by atoms with E-state index in [2.05, 4.69) is 272 Å². The van der Waals surface area contributed by atoms with Gasteiger partial charge >= 0.3 is 0 Å². The molecular formula is C81H52ClNO2. The third-order valence-electron chi connectivity index (χ3n) is 17.0. The molecule has 0 atom stereocenters. The van der Waals surface area contributed by atoms with Crippen molar-refractivity contribution in [3.05, 3.63) is 319 Å². The zero-order valence-corrected chi connectivity index (χ0v) is 47.0. The lowest BCUT2D eigenvalue weighted by Gasteiger charge is -2.26. The summed E-state index contributed by atoms with van der Waals surface area (Å²) in [5.74, 6) is 0. The number of nitrogens with zero attached hydrogens (tertiary/aromatic N) is 1. The van der Waals surface area contributed by atoms with Crippen LogP contribution in [0, 0.1) is 0 Å². The van der Waals surface area contributed by atoms with Gasteiger partial charge in [-0.15, -0.1) is 0 Å². The van der Waals surface area contributed by atoms with Crippen molar-refractivity contribution in [1.82, 2.24) is 0 Å². The molecule has 0 saturated heterocycles. The van der Waals surface area contributed by atoms with Gasteiger partial charge in [-0.3, -0.25) is 0 Å². The smallest absolute Gasteiger partial charge is 0.137 e. The third kappa shape index (κ3) is 9.01. The van der Waals surface area contributed by atoms with E-state index in [-0.39, 0.29) is 0 Å². The molecule has 0 aliphatic rings. The van der Waals surface area contributed by atoms with Gasteiger partial charge in [0.05, 0.1) is 0 Å². The SMILES string of the molecule is Clc1ccc2ccc3ccc4c5ccccc5ccc4c3c2c1.c1ccc(Cc2ccc3c(c2)oc2ccccc23)cc1.c1ccc(N(c2ccc3c(c2)oc2ccccc23)c2ccc3ccc4ccc5c6ccccc6ccc5c4c3c2)cc1. The van der Waals surface area contributed by atoms with E-state index in [1.54, 1.807) is 0 Å². The fourth-order valence-electron chi connectivity index (χ4n) is 13.0. The average molecular weight is 1110 g/mol. The Morgan fingerprint density at radius 2 is 0.635 bits per heavy atom. The lowest BCUT2D eigenvalue weighted by Crippen LogP contribution is -2.09. The highest BCUT2D eigenvalue weighted by atomic mass is 35.5. The number of anilines is 3. The minimum absolute atomic E-state index is 0.780. The van der Waals surface area contributed by atoms with E-state index in [9.17, 15) is 0 Å². The molecule has 2 aromatic heterocycles. The first-order valence-electron chi connectivity index (χ1n) is 28.9. The van der Waals surface area contributed by atoms with Gasteiger partial charge in [0, 0.05) is 49.7 Å². The molecule has 85 heavy (non-hydrogen) atoms. The molecule has 4 heteroatoms. The Morgan fingerprint density at radius 3 is 1.26 bits per heavy atom. The Hall–Kier alpha value is -10.7. The molecule has 0 bridgehead atoms. The Labute approximate surface area is 495 Å². The van der Waals surface area contributed by atoms with Crippen LogP contribution in [0.25, 0.3) is 130 Å². The molecular weight excluding hydrogens is 1050 g/mol. The molecule has 0 amide bonds. The van der Waals surface area contributed by atoms with Crippen LogP contribution in [-0.4, -0.2) is 0 Å². The van der Waals surface area contributed by atoms with E-state index in [1.807, 2.05) is 36.4 Å². The topological polar surface area (TPSA) is 29.5 Å². The average Bonchev–Trinajstić information content (AvgIpc) is 2.70. The number of para-hydroxylation sites is 3. The maximum absolute atomic E-state index is 6.30. The van der Waals surface area contributed by atoms with Crippen molar-refractivity contribution in [1.29, 1.82) is 0 Å². The van der Waals surface area contributed by atoms with E-state index in [4.69, 9.17) is 20.4 Å². The molecule has 0 saturated carbocycles. The fourth-order valence-corrected chi connectivity index (χ4v) is 13.1. The summed E-state index contributed by atoms with van der Waals surface area (Å²) in [4.78, 5) is 2.32. The normalized spacial score (nSPS) is 11.6. The summed E-state index contributed by atoms with van der Waals surface area (Å²) in [5, 5.41) is 25.7. The van der Waals surface area contributed by atoms with Crippen LogP contribution in [-0.2, 0) is 6.42 Å². The van der Waals surface area contributed by atoms with Crippen molar-refractivity contribution in [3.8, 4) is 0 Å². The second kappa shape index (κ2) is 20.9. The molecule has 2 heterocycles. The number of hydrogen-bond acceptors (Lipinski definition) is 3. The maximum Gasteiger partial charge on any atom is 0.137 e. The van der Waals surface area contributed by atoms with Gasteiger partial charge in [-0.1, -0.05) is 242 Å². The van der Waals surface area contributed by atoms with E-state index in [1.165, 1.54) is 108 Å². The lowest BCUT2D eigenvalue weighted by molar-refractivity contribution is 0.668. The monoisotopic (exact) mass is 1110 g/mol. The molecule has 18 rings (SSSR count). The number of halogens is 1. The largest absolute Gasteiger partial charge is 0.456 e. The molecule has 400 valence electrons. The highest BCUT2D eigenvalue weighted by molar-refractivity contribution is 6.33. The van der Waals surface area contributed by atoms with E-state index in [0.29, 0.717) is 0 Å². The zero-order valence-electron chi connectivity index (χ0n) is 46.2. The minimum atomic E-state index is 0.780. The van der Waals surface area contributed by atoms with Gasteiger partial charge in [0.15, 0.2) is 0 Å². The van der Waals surface area contributed by atoms with Crippen molar-refractivity contribution >= 4 is 159 Å². The first-order chi connectivity index (χ1) is 42.0. The minimum Gasteiger partial charge on any atom is -0.456 e. The first-order valence-corrected chi connectivity index (χ1v) is 29.3. The maximum atomic E-state index is 6.30. The Balaban J connectivity index is 0.000000115. The number of fused-ring (bicyclic) bond motifs is 20. The molecule has 0 radical (unpaired) electrons. The Kier molecular flexibility index (Phi) is 12.3.